The van der Waals surface area contributed by atoms with Crippen LogP contribution < -0.4 is 9.47 Å². The number of ketones is 1. The summed E-state index contributed by atoms with van der Waals surface area (Å²) in [6.45, 7) is 0. The van der Waals surface area contributed by atoms with Crippen LogP contribution in [0.25, 0.3) is 0 Å². The molecule has 110 valence electrons. The van der Waals surface area contributed by atoms with Crippen molar-refractivity contribution in [2.75, 3.05) is 14.2 Å². The van der Waals surface area contributed by atoms with Crippen molar-refractivity contribution >= 4 is 11.8 Å². The summed E-state index contributed by atoms with van der Waals surface area (Å²) in [5.41, 5.74) is 0.714. The van der Waals surface area contributed by atoms with Gasteiger partial charge in [0.2, 0.25) is 11.5 Å². The fraction of sp³-hybridized carbons (Fsp3) is 0.200. The largest absolute Gasteiger partial charge is 0.493 e. The zero-order chi connectivity index (χ0) is 15.4. The van der Waals surface area contributed by atoms with Gasteiger partial charge < -0.3 is 19.0 Å². The highest BCUT2D eigenvalue weighted by Crippen LogP contribution is 2.28. The number of ether oxygens (including phenoxy) is 2. The van der Waals surface area contributed by atoms with Crippen LogP contribution in [-0.4, -0.2) is 31.1 Å². The van der Waals surface area contributed by atoms with Gasteiger partial charge in [-0.15, -0.1) is 0 Å². The van der Waals surface area contributed by atoms with Gasteiger partial charge in [0.25, 0.3) is 0 Å². The van der Waals surface area contributed by atoms with E-state index in [0.29, 0.717) is 17.1 Å². The van der Waals surface area contributed by atoms with Crippen molar-refractivity contribution in [1.82, 2.24) is 0 Å². The summed E-state index contributed by atoms with van der Waals surface area (Å²) >= 11 is 0. The Hall–Kier alpha value is -2.76. The molecule has 0 amide bonds. The van der Waals surface area contributed by atoms with E-state index in [9.17, 15) is 9.59 Å². The molecule has 1 heterocycles. The standard InChI is InChI=1S/C15H14O6/c1-19-12-4-3-9(8-14(12)20-2)7-10(16)11-5-6-13(21-11)15(17)18/h3-6,8H,7H2,1-2H3,(H,17,18). The summed E-state index contributed by atoms with van der Waals surface area (Å²) in [6.07, 6.45) is 0.0763. The van der Waals surface area contributed by atoms with Crippen LogP contribution in [0.4, 0.5) is 0 Å². The van der Waals surface area contributed by atoms with Crippen LogP contribution >= 0.6 is 0 Å². The highest BCUT2D eigenvalue weighted by atomic mass is 16.5. The summed E-state index contributed by atoms with van der Waals surface area (Å²) in [7, 11) is 3.04. The molecule has 2 aromatic rings. The Kier molecular flexibility index (Phi) is 4.27. The molecule has 0 aliphatic rings. The highest BCUT2D eigenvalue weighted by Gasteiger charge is 2.16. The molecule has 6 nitrogen and oxygen atoms in total. The fourth-order valence-electron chi connectivity index (χ4n) is 1.87. The van der Waals surface area contributed by atoms with Gasteiger partial charge in [-0.3, -0.25) is 4.79 Å². The highest BCUT2D eigenvalue weighted by molar-refractivity contribution is 5.96. The number of rotatable bonds is 6. The Labute approximate surface area is 120 Å². The van der Waals surface area contributed by atoms with Gasteiger partial charge >= 0.3 is 5.97 Å². The van der Waals surface area contributed by atoms with Crippen LogP contribution in [-0.2, 0) is 6.42 Å². The minimum Gasteiger partial charge on any atom is -0.493 e. The van der Waals surface area contributed by atoms with Crippen LogP contribution in [0.3, 0.4) is 0 Å². The molecule has 0 saturated carbocycles. The van der Waals surface area contributed by atoms with Crippen molar-refractivity contribution < 1.29 is 28.6 Å². The van der Waals surface area contributed by atoms with E-state index in [1.54, 1.807) is 18.2 Å². The van der Waals surface area contributed by atoms with Crippen LogP contribution in [0.15, 0.2) is 34.7 Å². The predicted octanol–water partition coefficient (Wildman–Crippen LogP) is 2.42. The third kappa shape index (κ3) is 3.22. The van der Waals surface area contributed by atoms with E-state index in [4.69, 9.17) is 19.0 Å². The number of furan rings is 1. The quantitative estimate of drug-likeness (QED) is 0.822. The molecule has 1 N–H and O–H groups in total. The van der Waals surface area contributed by atoms with Crippen molar-refractivity contribution in [3.63, 3.8) is 0 Å². The van der Waals surface area contributed by atoms with Gasteiger partial charge in [0, 0.05) is 6.42 Å². The number of benzene rings is 1. The molecule has 21 heavy (non-hydrogen) atoms. The zero-order valence-corrected chi connectivity index (χ0v) is 11.6. The molecular weight excluding hydrogens is 276 g/mol. The molecule has 0 bridgehead atoms. The van der Waals surface area contributed by atoms with Crippen molar-refractivity contribution in [1.29, 1.82) is 0 Å². The van der Waals surface area contributed by atoms with Crippen molar-refractivity contribution in [3.8, 4) is 11.5 Å². The number of aromatic carboxylic acids is 1. The molecule has 1 aromatic carbocycles. The molecule has 6 heteroatoms. The summed E-state index contributed by atoms with van der Waals surface area (Å²) in [5, 5.41) is 8.76. The van der Waals surface area contributed by atoms with E-state index in [2.05, 4.69) is 0 Å². The van der Waals surface area contributed by atoms with Crippen LogP contribution in [0.5, 0.6) is 11.5 Å². The first-order valence-electron chi connectivity index (χ1n) is 6.12. The Bertz CT molecular complexity index is 671. The molecule has 0 spiro atoms. The van der Waals surface area contributed by atoms with Crippen molar-refractivity contribution in [3.05, 3.63) is 47.4 Å². The Morgan fingerprint density at radius 3 is 2.29 bits per heavy atom. The van der Waals surface area contributed by atoms with E-state index < -0.39 is 5.97 Å². The summed E-state index contributed by atoms with van der Waals surface area (Å²) in [4.78, 5) is 22.8. The molecule has 0 saturated heterocycles. The first-order valence-corrected chi connectivity index (χ1v) is 6.12. The Morgan fingerprint density at radius 1 is 1.05 bits per heavy atom. The third-order valence-electron chi connectivity index (χ3n) is 2.90. The van der Waals surface area contributed by atoms with Crippen LogP contribution in [0.1, 0.15) is 26.7 Å². The minimum atomic E-state index is -1.21. The molecule has 0 unspecified atom stereocenters. The molecule has 0 radical (unpaired) electrons. The number of hydrogen-bond acceptors (Lipinski definition) is 5. The monoisotopic (exact) mass is 290 g/mol. The molecule has 0 fully saturated rings. The van der Waals surface area contributed by atoms with Gasteiger partial charge in [0.1, 0.15) is 0 Å². The lowest BCUT2D eigenvalue weighted by atomic mass is 10.1. The van der Waals surface area contributed by atoms with Gasteiger partial charge in [-0.1, -0.05) is 6.07 Å². The van der Waals surface area contributed by atoms with E-state index >= 15 is 0 Å². The molecule has 0 aliphatic carbocycles. The number of methoxy groups -OCH3 is 2. The number of carboxylic acids is 1. The van der Waals surface area contributed by atoms with Gasteiger partial charge in [0.05, 0.1) is 14.2 Å². The van der Waals surface area contributed by atoms with E-state index in [1.165, 1.54) is 26.4 Å². The smallest absolute Gasteiger partial charge is 0.371 e. The normalized spacial score (nSPS) is 10.2. The predicted molar refractivity (Wildman–Crippen MR) is 73.2 cm³/mol. The van der Waals surface area contributed by atoms with Crippen LogP contribution in [0, 0.1) is 0 Å². The maximum atomic E-state index is 12.0. The molecular formula is C15H14O6. The second-order valence-electron chi connectivity index (χ2n) is 4.26. The number of carboxylic acid groups (broad SMARTS) is 1. The topological polar surface area (TPSA) is 86.0 Å². The maximum absolute atomic E-state index is 12.0. The second kappa shape index (κ2) is 6.13. The zero-order valence-electron chi connectivity index (χ0n) is 11.6. The fourth-order valence-corrected chi connectivity index (χ4v) is 1.87. The van der Waals surface area contributed by atoms with Crippen molar-refractivity contribution in [2.24, 2.45) is 0 Å². The average Bonchev–Trinajstić information content (AvgIpc) is 2.97. The lowest BCUT2D eigenvalue weighted by Gasteiger charge is -2.08. The molecule has 0 atom stereocenters. The molecule has 0 aliphatic heterocycles. The van der Waals surface area contributed by atoms with Gasteiger partial charge in [0.15, 0.2) is 17.3 Å². The Balaban J connectivity index is 2.17. The maximum Gasteiger partial charge on any atom is 0.371 e. The Morgan fingerprint density at radius 2 is 1.71 bits per heavy atom. The number of hydrogen-bond donors (Lipinski definition) is 1. The molecule has 2 rings (SSSR count). The average molecular weight is 290 g/mol. The van der Waals surface area contributed by atoms with Gasteiger partial charge in [-0.2, -0.15) is 0 Å². The summed E-state index contributed by atoms with van der Waals surface area (Å²) in [5.74, 6) is -0.670. The lowest BCUT2D eigenvalue weighted by molar-refractivity contribution is 0.0660. The van der Waals surface area contributed by atoms with Crippen molar-refractivity contribution in [2.45, 2.75) is 6.42 Å². The van der Waals surface area contributed by atoms with E-state index in [-0.39, 0.29) is 23.7 Å². The van der Waals surface area contributed by atoms with Gasteiger partial charge in [-0.05, 0) is 29.8 Å². The van der Waals surface area contributed by atoms with Gasteiger partial charge in [-0.25, -0.2) is 4.79 Å². The van der Waals surface area contributed by atoms with E-state index in [1.807, 2.05) is 0 Å². The number of Topliss-reactive ketones (excluding diaryl/α,β-unsaturated/α-hetero) is 1. The van der Waals surface area contributed by atoms with E-state index in [0.717, 1.165) is 0 Å². The third-order valence-corrected chi connectivity index (χ3v) is 2.90. The summed E-state index contributed by atoms with van der Waals surface area (Å²) in [6, 6.07) is 7.74. The first-order chi connectivity index (χ1) is 10.0. The minimum absolute atomic E-state index is 0.0159. The SMILES string of the molecule is COc1ccc(CC(=O)c2ccc(C(=O)O)o2)cc1OC. The second-order valence-corrected chi connectivity index (χ2v) is 4.26. The lowest BCUT2D eigenvalue weighted by Crippen LogP contribution is -2.03. The molecule has 1 aromatic heterocycles. The van der Waals surface area contributed by atoms with Crippen LogP contribution in [0.2, 0.25) is 0 Å². The number of carbonyl (C=O) groups is 2. The number of carbonyl (C=O) groups excluding carboxylic acids is 1. The first kappa shape index (κ1) is 14.6. The summed E-state index contributed by atoms with van der Waals surface area (Å²) < 4.78 is 15.3.